The van der Waals surface area contributed by atoms with Crippen molar-refractivity contribution in [1.29, 1.82) is 0 Å². The SMILES string of the molecule is CC1(C)C(=O)C=C[C@@]2(C)C1=C(O)C(=O)[C@@H]1[C@@H]2CC[C@@]2(C)[C@H](C3=CC(O)OC3=O)C[C@H]3O[C@]132. The summed E-state index contributed by atoms with van der Waals surface area (Å²) in [5.74, 6) is -2.13. The lowest BCUT2D eigenvalue weighted by Crippen LogP contribution is -2.61. The normalized spacial score (nSPS) is 50.3. The van der Waals surface area contributed by atoms with Gasteiger partial charge in [-0.1, -0.05) is 19.9 Å². The number of aliphatic hydroxyl groups excluding tert-OH is 2. The Kier molecular flexibility index (Phi) is 3.58. The molecule has 2 aliphatic heterocycles. The molecule has 6 rings (SSSR count). The van der Waals surface area contributed by atoms with Crippen molar-refractivity contribution < 1.29 is 34.1 Å². The zero-order chi connectivity index (χ0) is 23.0. The van der Waals surface area contributed by atoms with E-state index in [2.05, 4.69) is 6.92 Å². The molecule has 0 aromatic rings. The lowest BCUT2D eigenvalue weighted by atomic mass is 9.44. The van der Waals surface area contributed by atoms with Gasteiger partial charge in [0, 0.05) is 22.3 Å². The maximum Gasteiger partial charge on any atom is 0.336 e. The molecule has 1 saturated heterocycles. The second kappa shape index (κ2) is 5.62. The molecule has 8 atom stereocenters. The van der Waals surface area contributed by atoms with Gasteiger partial charge in [-0.3, -0.25) is 9.59 Å². The van der Waals surface area contributed by atoms with E-state index in [1.807, 2.05) is 13.0 Å². The first-order valence-corrected chi connectivity index (χ1v) is 11.4. The molecule has 0 aromatic heterocycles. The van der Waals surface area contributed by atoms with Crippen LogP contribution in [0.1, 0.15) is 47.0 Å². The van der Waals surface area contributed by atoms with Crippen LogP contribution in [0.5, 0.6) is 0 Å². The van der Waals surface area contributed by atoms with Crippen LogP contribution < -0.4 is 0 Å². The second-order valence-corrected chi connectivity index (χ2v) is 11.3. The highest BCUT2D eigenvalue weighted by Crippen LogP contribution is 2.76. The fourth-order valence-electron chi connectivity index (χ4n) is 8.25. The minimum Gasteiger partial charge on any atom is -0.504 e. The number of fused-ring (bicyclic) bond motifs is 3. The van der Waals surface area contributed by atoms with E-state index in [1.165, 1.54) is 6.08 Å². The van der Waals surface area contributed by atoms with Gasteiger partial charge in [0.2, 0.25) is 12.1 Å². The van der Waals surface area contributed by atoms with Gasteiger partial charge in [0.15, 0.2) is 11.5 Å². The average Bonchev–Trinajstić information content (AvgIpc) is 3.23. The highest BCUT2D eigenvalue weighted by Gasteiger charge is 2.83. The van der Waals surface area contributed by atoms with Gasteiger partial charge in [0.05, 0.1) is 17.4 Å². The van der Waals surface area contributed by atoms with E-state index in [9.17, 15) is 24.6 Å². The number of Topliss-reactive ketones (excluding diaryl/α,β-unsaturated/α-hetero) is 1. The maximum absolute atomic E-state index is 13.7. The molecule has 4 aliphatic carbocycles. The van der Waals surface area contributed by atoms with Gasteiger partial charge < -0.3 is 19.7 Å². The van der Waals surface area contributed by atoms with E-state index in [4.69, 9.17) is 9.47 Å². The fourth-order valence-corrected chi connectivity index (χ4v) is 8.25. The van der Waals surface area contributed by atoms with E-state index in [0.717, 1.165) is 6.42 Å². The molecule has 170 valence electrons. The van der Waals surface area contributed by atoms with Crippen LogP contribution in [-0.2, 0) is 23.9 Å². The molecule has 0 amide bonds. The summed E-state index contributed by atoms with van der Waals surface area (Å²) < 4.78 is 11.2. The van der Waals surface area contributed by atoms with Crippen molar-refractivity contribution >= 4 is 17.5 Å². The number of allylic oxidation sites excluding steroid dienone is 4. The second-order valence-electron chi connectivity index (χ2n) is 11.3. The van der Waals surface area contributed by atoms with Crippen LogP contribution in [0.4, 0.5) is 0 Å². The number of hydrogen-bond donors (Lipinski definition) is 2. The van der Waals surface area contributed by atoms with E-state index >= 15 is 0 Å². The van der Waals surface area contributed by atoms with E-state index in [0.29, 0.717) is 24.0 Å². The predicted molar refractivity (Wildman–Crippen MR) is 111 cm³/mol. The highest BCUT2D eigenvalue weighted by atomic mass is 16.6. The largest absolute Gasteiger partial charge is 0.504 e. The van der Waals surface area contributed by atoms with Gasteiger partial charge in [-0.2, -0.15) is 0 Å². The van der Waals surface area contributed by atoms with Crippen LogP contribution >= 0.6 is 0 Å². The summed E-state index contributed by atoms with van der Waals surface area (Å²) in [4.78, 5) is 38.8. The smallest absolute Gasteiger partial charge is 0.336 e. The summed E-state index contributed by atoms with van der Waals surface area (Å²) in [5, 5.41) is 21.0. The Balaban J connectivity index is 1.49. The Morgan fingerprint density at radius 1 is 1.12 bits per heavy atom. The molecular formula is C25H28O7. The van der Waals surface area contributed by atoms with E-state index in [-0.39, 0.29) is 35.3 Å². The van der Waals surface area contributed by atoms with Crippen molar-refractivity contribution in [3.63, 3.8) is 0 Å². The minimum atomic E-state index is -1.23. The molecule has 7 nitrogen and oxygen atoms in total. The number of epoxide rings is 1. The van der Waals surface area contributed by atoms with Crippen molar-refractivity contribution in [2.24, 2.45) is 34.0 Å². The fraction of sp³-hybridized carbons (Fsp3) is 0.640. The Bertz CT molecular complexity index is 1100. The summed E-state index contributed by atoms with van der Waals surface area (Å²) >= 11 is 0. The third-order valence-corrected chi connectivity index (χ3v) is 9.75. The molecule has 1 spiro atoms. The van der Waals surface area contributed by atoms with Gasteiger partial charge in [0.1, 0.15) is 5.60 Å². The molecule has 6 aliphatic rings. The lowest BCUT2D eigenvalue weighted by Gasteiger charge is -2.57. The summed E-state index contributed by atoms with van der Waals surface area (Å²) in [7, 11) is 0. The number of carbonyl (C=O) groups is 3. The Morgan fingerprint density at radius 3 is 2.50 bits per heavy atom. The summed E-state index contributed by atoms with van der Waals surface area (Å²) in [5.41, 5.74) is -1.88. The third kappa shape index (κ3) is 2.00. The molecule has 1 unspecified atom stereocenters. The lowest BCUT2D eigenvalue weighted by molar-refractivity contribution is -0.153. The first-order chi connectivity index (χ1) is 14.9. The van der Waals surface area contributed by atoms with Gasteiger partial charge in [-0.25, -0.2) is 4.79 Å². The summed E-state index contributed by atoms with van der Waals surface area (Å²) in [6, 6.07) is 0. The molecule has 7 heteroatoms. The molecule has 2 heterocycles. The quantitative estimate of drug-likeness (QED) is 0.476. The molecule has 2 saturated carbocycles. The number of cyclic esters (lactones) is 1. The molecule has 2 N–H and O–H groups in total. The first kappa shape index (κ1) is 20.4. The van der Waals surface area contributed by atoms with Crippen molar-refractivity contribution in [1.82, 2.24) is 0 Å². The van der Waals surface area contributed by atoms with Crippen molar-refractivity contribution in [2.75, 3.05) is 0 Å². The number of ketones is 2. The Hall–Kier alpha value is -2.25. The molecule has 32 heavy (non-hydrogen) atoms. The zero-order valence-corrected chi connectivity index (χ0v) is 18.7. The standard InChI is InChI=1S/C25H28O7/c1-22(2)14(26)6-7-23(3)12-5-8-24(4)13(11-9-16(27)31-21(11)30)10-15-25(24,32-15)17(12)18(28)19(29)20(22)23/h6-7,9,12-13,15-17,27,29H,5,8,10H2,1-4H3/t12-,13-,15+,16?,17-,23+,24-,25-/m0/s1. The average molecular weight is 440 g/mol. The minimum absolute atomic E-state index is 0.114. The third-order valence-electron chi connectivity index (χ3n) is 9.75. The van der Waals surface area contributed by atoms with Gasteiger partial charge in [0.25, 0.3) is 0 Å². The van der Waals surface area contributed by atoms with Crippen LogP contribution in [0, 0.1) is 34.0 Å². The zero-order valence-electron chi connectivity index (χ0n) is 18.7. The number of esters is 1. The summed E-state index contributed by atoms with van der Waals surface area (Å²) in [6.07, 6.45) is 5.52. The Morgan fingerprint density at radius 2 is 1.84 bits per heavy atom. The molecule has 0 bridgehead atoms. The molecular weight excluding hydrogens is 412 g/mol. The Labute approximate surface area is 186 Å². The predicted octanol–water partition coefficient (Wildman–Crippen LogP) is 2.54. The van der Waals surface area contributed by atoms with Crippen molar-refractivity contribution in [3.8, 4) is 0 Å². The van der Waals surface area contributed by atoms with Crippen LogP contribution in [0.3, 0.4) is 0 Å². The van der Waals surface area contributed by atoms with Crippen molar-refractivity contribution in [3.05, 3.63) is 35.1 Å². The summed E-state index contributed by atoms with van der Waals surface area (Å²) in [6.45, 7) is 7.62. The highest BCUT2D eigenvalue weighted by molar-refractivity contribution is 6.05. The number of hydrogen-bond acceptors (Lipinski definition) is 7. The molecule has 0 radical (unpaired) electrons. The van der Waals surface area contributed by atoms with Crippen LogP contribution in [-0.4, -0.2) is 45.7 Å². The maximum atomic E-state index is 13.7. The number of ether oxygens (including phenoxy) is 2. The number of carbonyl (C=O) groups excluding carboxylic acids is 3. The number of rotatable bonds is 1. The van der Waals surface area contributed by atoms with Gasteiger partial charge in [-0.15, -0.1) is 0 Å². The van der Waals surface area contributed by atoms with Gasteiger partial charge in [-0.05, 0) is 56.8 Å². The molecule has 0 aromatic carbocycles. The van der Waals surface area contributed by atoms with E-state index < -0.39 is 40.0 Å². The van der Waals surface area contributed by atoms with E-state index in [1.54, 1.807) is 19.9 Å². The first-order valence-electron chi connectivity index (χ1n) is 11.4. The monoisotopic (exact) mass is 440 g/mol. The number of aliphatic hydroxyl groups is 2. The topological polar surface area (TPSA) is 113 Å². The van der Waals surface area contributed by atoms with Crippen LogP contribution in [0.2, 0.25) is 0 Å². The van der Waals surface area contributed by atoms with Crippen LogP contribution in [0.25, 0.3) is 0 Å². The van der Waals surface area contributed by atoms with Gasteiger partial charge >= 0.3 is 5.97 Å². The van der Waals surface area contributed by atoms with Crippen molar-refractivity contribution in [2.45, 2.75) is 65.0 Å². The van der Waals surface area contributed by atoms with Crippen LogP contribution in [0.15, 0.2) is 35.1 Å². The molecule has 3 fully saturated rings.